The maximum atomic E-state index is 13.0. The molecule has 0 saturated carbocycles. The lowest BCUT2D eigenvalue weighted by molar-refractivity contribution is 0.101. The summed E-state index contributed by atoms with van der Waals surface area (Å²) in [7, 11) is 0. The maximum absolute atomic E-state index is 13.0. The number of benzene rings is 1. The van der Waals surface area contributed by atoms with Gasteiger partial charge in [-0.1, -0.05) is 44.1 Å². The molecule has 6 heteroatoms. The fourth-order valence-electron chi connectivity index (χ4n) is 3.85. The highest BCUT2D eigenvalue weighted by atomic mass is 16.5. The first-order chi connectivity index (χ1) is 13.3. The van der Waals surface area contributed by atoms with E-state index in [2.05, 4.69) is 36.3 Å². The number of nitrogens with zero attached hydrogens (tertiary/aromatic N) is 3. The second-order valence-electron chi connectivity index (χ2n) is 8.61. The van der Waals surface area contributed by atoms with E-state index in [4.69, 9.17) is 4.52 Å². The highest BCUT2D eigenvalue weighted by molar-refractivity contribution is 6.03. The van der Waals surface area contributed by atoms with Gasteiger partial charge in [-0.3, -0.25) is 4.79 Å². The van der Waals surface area contributed by atoms with Crippen LogP contribution < -0.4 is 5.32 Å². The Bertz CT molecular complexity index is 995. The number of anilines is 1. The molecule has 0 spiro atoms. The Kier molecular flexibility index (Phi) is 4.57. The van der Waals surface area contributed by atoms with Gasteiger partial charge in [0.2, 0.25) is 0 Å². The molecule has 2 heterocycles. The lowest BCUT2D eigenvalue weighted by Crippen LogP contribution is -2.28. The van der Waals surface area contributed by atoms with Crippen LogP contribution in [0.1, 0.15) is 54.7 Å². The Morgan fingerprint density at radius 3 is 2.71 bits per heavy atom. The van der Waals surface area contributed by atoms with E-state index in [0.29, 0.717) is 17.4 Å². The molecule has 1 aliphatic rings. The monoisotopic (exact) mass is 378 g/mol. The Morgan fingerprint density at radius 2 is 2.00 bits per heavy atom. The van der Waals surface area contributed by atoms with Crippen molar-refractivity contribution in [2.75, 3.05) is 5.32 Å². The summed E-state index contributed by atoms with van der Waals surface area (Å²) in [6.07, 6.45) is 2.72. The fraction of sp³-hybridized carbons (Fsp3) is 0.409. The number of para-hydroxylation sites is 1. The molecule has 0 saturated heterocycles. The van der Waals surface area contributed by atoms with Crippen LogP contribution in [0.5, 0.6) is 0 Å². The van der Waals surface area contributed by atoms with Crippen LogP contribution in [-0.4, -0.2) is 20.8 Å². The first-order valence-corrected chi connectivity index (χ1v) is 9.74. The van der Waals surface area contributed by atoms with Gasteiger partial charge in [-0.05, 0) is 43.2 Å². The van der Waals surface area contributed by atoms with Crippen molar-refractivity contribution in [1.82, 2.24) is 14.9 Å². The van der Waals surface area contributed by atoms with E-state index in [9.17, 15) is 4.79 Å². The summed E-state index contributed by atoms with van der Waals surface area (Å²) in [5, 5.41) is 11.6. The minimum absolute atomic E-state index is 0.186. The standard InChI is InChI=1S/C22H26N4O2/c1-14-12-19(26(24-14)16-8-6-5-7-9-16)23-21(27)20-17-13-15(22(2,3)4)10-11-18(17)28-25-20/h5-9,12,15H,10-11,13H2,1-4H3,(H,23,27)/t15-/m0/s1. The van der Waals surface area contributed by atoms with Crippen LogP contribution in [-0.2, 0) is 12.8 Å². The molecular formula is C22H26N4O2. The van der Waals surface area contributed by atoms with Gasteiger partial charge in [0.25, 0.3) is 5.91 Å². The highest BCUT2D eigenvalue weighted by Crippen LogP contribution is 2.38. The molecule has 1 N–H and O–H groups in total. The van der Waals surface area contributed by atoms with E-state index in [1.165, 1.54) is 0 Å². The first kappa shape index (κ1) is 18.5. The van der Waals surface area contributed by atoms with Gasteiger partial charge in [-0.2, -0.15) is 5.10 Å². The van der Waals surface area contributed by atoms with Crippen molar-refractivity contribution >= 4 is 11.7 Å². The molecule has 4 rings (SSSR count). The van der Waals surface area contributed by atoms with Crippen molar-refractivity contribution in [2.45, 2.75) is 47.0 Å². The Balaban J connectivity index is 1.61. The molecule has 6 nitrogen and oxygen atoms in total. The zero-order chi connectivity index (χ0) is 19.9. The number of fused-ring (bicyclic) bond motifs is 1. The molecule has 0 unspecified atom stereocenters. The van der Waals surface area contributed by atoms with E-state index in [1.807, 2.05) is 43.3 Å². The predicted octanol–water partition coefficient (Wildman–Crippen LogP) is 4.57. The number of aromatic nitrogens is 3. The number of rotatable bonds is 3. The molecule has 1 aliphatic carbocycles. The van der Waals surface area contributed by atoms with Gasteiger partial charge in [0.15, 0.2) is 5.69 Å². The van der Waals surface area contributed by atoms with Crippen LogP contribution in [0.3, 0.4) is 0 Å². The predicted molar refractivity (Wildman–Crippen MR) is 108 cm³/mol. The summed E-state index contributed by atoms with van der Waals surface area (Å²) in [6, 6.07) is 11.6. The molecular weight excluding hydrogens is 352 g/mol. The Morgan fingerprint density at radius 1 is 1.25 bits per heavy atom. The molecule has 0 fully saturated rings. The average Bonchev–Trinajstić information content (AvgIpc) is 3.24. The summed E-state index contributed by atoms with van der Waals surface area (Å²) in [6.45, 7) is 8.65. The number of carbonyl (C=O) groups excluding carboxylic acids is 1. The molecule has 1 aromatic carbocycles. The van der Waals surface area contributed by atoms with Gasteiger partial charge in [0.1, 0.15) is 11.6 Å². The van der Waals surface area contributed by atoms with Crippen LogP contribution in [0.25, 0.3) is 5.69 Å². The molecule has 146 valence electrons. The van der Waals surface area contributed by atoms with Gasteiger partial charge in [-0.15, -0.1) is 0 Å². The molecule has 28 heavy (non-hydrogen) atoms. The van der Waals surface area contributed by atoms with Crippen LogP contribution in [0.2, 0.25) is 0 Å². The second-order valence-corrected chi connectivity index (χ2v) is 8.61. The average molecular weight is 378 g/mol. The summed E-state index contributed by atoms with van der Waals surface area (Å²) in [4.78, 5) is 13.0. The smallest absolute Gasteiger partial charge is 0.279 e. The van der Waals surface area contributed by atoms with E-state index >= 15 is 0 Å². The summed E-state index contributed by atoms with van der Waals surface area (Å²) in [5.74, 6) is 1.71. The quantitative estimate of drug-likeness (QED) is 0.724. The van der Waals surface area contributed by atoms with E-state index in [0.717, 1.165) is 42.0 Å². The topological polar surface area (TPSA) is 73.0 Å². The molecule has 1 amide bonds. The Hall–Kier alpha value is -2.89. The van der Waals surface area contributed by atoms with Crippen LogP contribution in [0.15, 0.2) is 40.9 Å². The molecule has 1 atom stereocenters. The molecule has 0 bridgehead atoms. The summed E-state index contributed by atoms with van der Waals surface area (Å²) in [5.41, 5.74) is 3.25. The van der Waals surface area contributed by atoms with E-state index in [1.54, 1.807) is 4.68 Å². The van der Waals surface area contributed by atoms with Crippen molar-refractivity contribution in [2.24, 2.45) is 11.3 Å². The third kappa shape index (κ3) is 3.46. The normalized spacial score (nSPS) is 16.6. The summed E-state index contributed by atoms with van der Waals surface area (Å²) >= 11 is 0. The van der Waals surface area contributed by atoms with Gasteiger partial charge >= 0.3 is 0 Å². The van der Waals surface area contributed by atoms with E-state index in [-0.39, 0.29) is 11.3 Å². The maximum Gasteiger partial charge on any atom is 0.279 e. The van der Waals surface area contributed by atoms with Crippen LogP contribution in [0.4, 0.5) is 5.82 Å². The third-order valence-corrected chi connectivity index (χ3v) is 5.55. The molecule has 0 aliphatic heterocycles. The second kappa shape index (κ2) is 6.93. The zero-order valence-electron chi connectivity index (χ0n) is 16.8. The zero-order valence-corrected chi connectivity index (χ0v) is 16.8. The van der Waals surface area contributed by atoms with Gasteiger partial charge in [0.05, 0.1) is 11.4 Å². The molecule has 2 aromatic heterocycles. The fourth-order valence-corrected chi connectivity index (χ4v) is 3.85. The molecule has 3 aromatic rings. The SMILES string of the molecule is Cc1cc(NC(=O)c2noc3c2C[C@@H](C(C)(C)C)CC3)n(-c2ccccc2)n1. The number of hydrogen-bond acceptors (Lipinski definition) is 4. The number of nitrogens with one attached hydrogen (secondary N) is 1. The third-order valence-electron chi connectivity index (χ3n) is 5.55. The lowest BCUT2D eigenvalue weighted by Gasteiger charge is -2.33. The van der Waals surface area contributed by atoms with Crippen molar-refractivity contribution < 1.29 is 9.32 Å². The van der Waals surface area contributed by atoms with E-state index < -0.39 is 0 Å². The lowest BCUT2D eigenvalue weighted by atomic mass is 9.71. The minimum atomic E-state index is -0.253. The Labute approximate surface area is 164 Å². The number of hydrogen-bond donors (Lipinski definition) is 1. The van der Waals surface area contributed by atoms with Crippen molar-refractivity contribution in [3.8, 4) is 5.69 Å². The summed E-state index contributed by atoms with van der Waals surface area (Å²) < 4.78 is 7.23. The minimum Gasteiger partial charge on any atom is -0.360 e. The van der Waals surface area contributed by atoms with Gasteiger partial charge in [-0.25, -0.2) is 4.68 Å². The van der Waals surface area contributed by atoms with Crippen molar-refractivity contribution in [1.29, 1.82) is 0 Å². The van der Waals surface area contributed by atoms with Gasteiger partial charge in [0, 0.05) is 18.1 Å². The number of aryl methyl sites for hydroxylation is 2. The first-order valence-electron chi connectivity index (χ1n) is 9.74. The van der Waals surface area contributed by atoms with Crippen LogP contribution in [0, 0.1) is 18.3 Å². The van der Waals surface area contributed by atoms with Crippen molar-refractivity contribution in [3.05, 3.63) is 59.1 Å². The van der Waals surface area contributed by atoms with Crippen molar-refractivity contribution in [3.63, 3.8) is 0 Å². The number of amides is 1. The number of carbonyl (C=O) groups is 1. The largest absolute Gasteiger partial charge is 0.360 e. The highest BCUT2D eigenvalue weighted by Gasteiger charge is 2.34. The van der Waals surface area contributed by atoms with Crippen LogP contribution >= 0.6 is 0 Å². The van der Waals surface area contributed by atoms with Gasteiger partial charge < -0.3 is 9.84 Å². The molecule has 0 radical (unpaired) electrons.